The monoisotopic (exact) mass is 265 g/mol. The van der Waals surface area contributed by atoms with Gasteiger partial charge in [0.15, 0.2) is 0 Å². The molecule has 1 saturated heterocycles. The molecule has 1 fully saturated rings. The molecule has 1 aliphatic rings. The smallest absolute Gasteiger partial charge is 0.0988 e. The number of hydrogen-bond acceptors (Lipinski definition) is 4. The van der Waals surface area contributed by atoms with Crippen LogP contribution in [0.4, 0.5) is 5.69 Å². The van der Waals surface area contributed by atoms with Crippen LogP contribution in [0.1, 0.15) is 25.0 Å². The average Bonchev–Trinajstić information content (AvgIpc) is 2.36. The molecule has 2 rings (SSSR count). The van der Waals surface area contributed by atoms with E-state index >= 15 is 0 Å². The molecule has 19 heavy (non-hydrogen) atoms. The lowest BCUT2D eigenvalue weighted by molar-refractivity contribution is -0.101. The lowest BCUT2D eigenvalue weighted by Crippen LogP contribution is -2.54. The van der Waals surface area contributed by atoms with Crippen LogP contribution in [0.3, 0.4) is 0 Å². The van der Waals surface area contributed by atoms with Gasteiger partial charge < -0.3 is 19.8 Å². The van der Waals surface area contributed by atoms with Crippen molar-refractivity contribution in [3.63, 3.8) is 0 Å². The van der Waals surface area contributed by atoms with Crippen molar-refractivity contribution in [2.75, 3.05) is 24.6 Å². The normalized spacial score (nSPS) is 22.6. The standard InChI is InChI=1S/C15H23NO3/c1-11-6-13(5-4-12(11)8-17)16-7-14(9-18)19-15(2,3)10-16/h4-6,14,17-18H,7-10H2,1-3H3. The van der Waals surface area contributed by atoms with Crippen LogP contribution < -0.4 is 4.90 Å². The maximum atomic E-state index is 9.34. The van der Waals surface area contributed by atoms with Crippen LogP contribution in [0, 0.1) is 6.92 Å². The molecule has 4 nitrogen and oxygen atoms in total. The van der Waals surface area contributed by atoms with E-state index in [0.717, 1.165) is 23.4 Å². The van der Waals surface area contributed by atoms with E-state index in [1.54, 1.807) is 0 Å². The molecule has 0 spiro atoms. The van der Waals surface area contributed by atoms with E-state index in [4.69, 9.17) is 4.74 Å². The van der Waals surface area contributed by atoms with E-state index in [2.05, 4.69) is 11.0 Å². The van der Waals surface area contributed by atoms with Crippen LogP contribution in [0.25, 0.3) is 0 Å². The number of aliphatic hydroxyl groups is 2. The SMILES string of the molecule is Cc1cc(N2CC(CO)OC(C)(C)C2)ccc1CO. The highest BCUT2D eigenvalue weighted by molar-refractivity contribution is 5.51. The summed E-state index contributed by atoms with van der Waals surface area (Å²) in [7, 11) is 0. The van der Waals surface area contributed by atoms with Crippen LogP contribution in [0.5, 0.6) is 0 Å². The zero-order valence-electron chi connectivity index (χ0n) is 11.9. The number of morpholine rings is 1. The largest absolute Gasteiger partial charge is 0.394 e. The van der Waals surface area contributed by atoms with E-state index in [-0.39, 0.29) is 24.9 Å². The molecule has 1 heterocycles. The zero-order chi connectivity index (χ0) is 14.0. The maximum absolute atomic E-state index is 9.34. The number of rotatable bonds is 3. The molecular weight excluding hydrogens is 242 g/mol. The fraction of sp³-hybridized carbons (Fsp3) is 0.600. The van der Waals surface area contributed by atoms with Gasteiger partial charge in [0.2, 0.25) is 0 Å². The highest BCUT2D eigenvalue weighted by Gasteiger charge is 2.33. The number of anilines is 1. The molecule has 0 aliphatic carbocycles. The van der Waals surface area contributed by atoms with Crippen molar-refractivity contribution >= 4 is 5.69 Å². The Morgan fingerprint density at radius 2 is 2.11 bits per heavy atom. The van der Waals surface area contributed by atoms with E-state index in [1.165, 1.54) is 0 Å². The molecule has 0 radical (unpaired) electrons. The maximum Gasteiger partial charge on any atom is 0.0988 e. The second-order valence-corrected chi connectivity index (χ2v) is 5.83. The minimum atomic E-state index is -0.269. The summed E-state index contributed by atoms with van der Waals surface area (Å²) in [6, 6.07) is 6.07. The first kappa shape index (κ1) is 14.3. The zero-order valence-corrected chi connectivity index (χ0v) is 11.9. The molecule has 106 valence electrons. The van der Waals surface area contributed by atoms with Crippen LogP contribution in [-0.2, 0) is 11.3 Å². The third-order valence-corrected chi connectivity index (χ3v) is 3.55. The molecule has 0 amide bonds. The predicted molar refractivity (Wildman–Crippen MR) is 75.4 cm³/mol. The lowest BCUT2D eigenvalue weighted by atomic mass is 10.0. The van der Waals surface area contributed by atoms with Crippen LogP contribution in [-0.4, -0.2) is 41.6 Å². The number of ether oxygens (including phenoxy) is 1. The van der Waals surface area contributed by atoms with Gasteiger partial charge in [0.1, 0.15) is 0 Å². The molecule has 2 N–H and O–H groups in total. The van der Waals surface area contributed by atoms with Crippen molar-refractivity contribution < 1.29 is 14.9 Å². The number of nitrogens with zero attached hydrogens (tertiary/aromatic N) is 1. The Morgan fingerprint density at radius 1 is 1.37 bits per heavy atom. The van der Waals surface area contributed by atoms with Crippen molar-refractivity contribution in [2.45, 2.75) is 39.1 Å². The molecule has 1 aromatic rings. The molecule has 1 aromatic carbocycles. The van der Waals surface area contributed by atoms with E-state index in [1.807, 2.05) is 32.9 Å². The van der Waals surface area contributed by atoms with Crippen molar-refractivity contribution in [3.05, 3.63) is 29.3 Å². The van der Waals surface area contributed by atoms with Crippen molar-refractivity contribution in [2.24, 2.45) is 0 Å². The summed E-state index contributed by atoms with van der Waals surface area (Å²) < 4.78 is 5.82. The molecular formula is C15H23NO3. The molecule has 0 bridgehead atoms. The number of hydrogen-bond donors (Lipinski definition) is 2. The first-order valence-electron chi connectivity index (χ1n) is 6.69. The van der Waals surface area contributed by atoms with E-state index < -0.39 is 0 Å². The van der Waals surface area contributed by atoms with Gasteiger partial charge in [-0.05, 0) is 44.0 Å². The van der Waals surface area contributed by atoms with Crippen molar-refractivity contribution in [3.8, 4) is 0 Å². The topological polar surface area (TPSA) is 52.9 Å². The van der Waals surface area contributed by atoms with Gasteiger partial charge in [-0.2, -0.15) is 0 Å². The summed E-state index contributed by atoms with van der Waals surface area (Å²) in [4.78, 5) is 2.23. The second kappa shape index (κ2) is 5.49. The molecule has 0 saturated carbocycles. The van der Waals surface area contributed by atoms with Crippen molar-refractivity contribution in [1.29, 1.82) is 0 Å². The molecule has 1 aliphatic heterocycles. The Bertz CT molecular complexity index is 445. The minimum absolute atomic E-state index is 0.0354. The van der Waals surface area contributed by atoms with Gasteiger partial charge in [0, 0.05) is 18.8 Å². The Balaban J connectivity index is 2.23. The summed E-state index contributed by atoms with van der Waals surface area (Å²) in [6.45, 7) is 7.67. The molecule has 4 heteroatoms. The summed E-state index contributed by atoms with van der Waals surface area (Å²) in [6.07, 6.45) is -0.151. The Kier molecular flexibility index (Phi) is 4.13. The summed E-state index contributed by atoms with van der Waals surface area (Å²) >= 11 is 0. The number of aryl methyl sites for hydroxylation is 1. The summed E-state index contributed by atoms with van der Waals surface area (Å²) in [5.41, 5.74) is 2.89. The van der Waals surface area contributed by atoms with Gasteiger partial charge >= 0.3 is 0 Å². The van der Waals surface area contributed by atoms with Gasteiger partial charge in [-0.15, -0.1) is 0 Å². The summed E-state index contributed by atoms with van der Waals surface area (Å²) in [5, 5.41) is 18.6. The minimum Gasteiger partial charge on any atom is -0.394 e. The van der Waals surface area contributed by atoms with Gasteiger partial charge in [-0.3, -0.25) is 0 Å². The Morgan fingerprint density at radius 3 is 2.68 bits per heavy atom. The molecule has 1 unspecified atom stereocenters. The second-order valence-electron chi connectivity index (χ2n) is 5.83. The lowest BCUT2D eigenvalue weighted by Gasteiger charge is -2.43. The van der Waals surface area contributed by atoms with Crippen LogP contribution in [0.2, 0.25) is 0 Å². The first-order valence-corrected chi connectivity index (χ1v) is 6.69. The Labute approximate surface area is 114 Å². The molecule has 1 atom stereocenters. The van der Waals surface area contributed by atoms with Crippen molar-refractivity contribution in [1.82, 2.24) is 0 Å². The van der Waals surface area contributed by atoms with E-state index in [0.29, 0.717) is 6.54 Å². The quantitative estimate of drug-likeness (QED) is 0.869. The van der Waals surface area contributed by atoms with Gasteiger partial charge in [0.25, 0.3) is 0 Å². The fourth-order valence-electron chi connectivity index (χ4n) is 2.64. The van der Waals surface area contributed by atoms with Gasteiger partial charge in [-0.1, -0.05) is 6.07 Å². The Hall–Kier alpha value is -1.10. The first-order chi connectivity index (χ1) is 8.95. The average molecular weight is 265 g/mol. The highest BCUT2D eigenvalue weighted by Crippen LogP contribution is 2.27. The van der Waals surface area contributed by atoms with Crippen LogP contribution >= 0.6 is 0 Å². The predicted octanol–water partition coefficient (Wildman–Crippen LogP) is 1.46. The van der Waals surface area contributed by atoms with Gasteiger partial charge in [0.05, 0.1) is 24.9 Å². The molecule has 0 aromatic heterocycles. The third kappa shape index (κ3) is 3.26. The number of aliphatic hydroxyl groups excluding tert-OH is 2. The number of benzene rings is 1. The fourth-order valence-corrected chi connectivity index (χ4v) is 2.64. The highest BCUT2D eigenvalue weighted by atomic mass is 16.5. The third-order valence-electron chi connectivity index (χ3n) is 3.55. The van der Waals surface area contributed by atoms with E-state index in [9.17, 15) is 10.2 Å². The summed E-state index contributed by atoms with van der Waals surface area (Å²) in [5.74, 6) is 0. The van der Waals surface area contributed by atoms with Crippen LogP contribution in [0.15, 0.2) is 18.2 Å². The van der Waals surface area contributed by atoms with Gasteiger partial charge in [-0.25, -0.2) is 0 Å².